The first-order valence-electron chi connectivity index (χ1n) is 12.0. The van der Waals surface area contributed by atoms with Crippen molar-refractivity contribution in [2.24, 2.45) is 0 Å². The number of hydrogen-bond acceptors (Lipinski definition) is 8. The molecule has 0 spiro atoms. The van der Waals surface area contributed by atoms with Gasteiger partial charge in [0, 0.05) is 23.5 Å². The van der Waals surface area contributed by atoms with Crippen molar-refractivity contribution in [1.29, 1.82) is 0 Å². The number of alkyl halides is 3. The van der Waals surface area contributed by atoms with Gasteiger partial charge in [0.25, 0.3) is 5.91 Å². The van der Waals surface area contributed by atoms with E-state index < -0.39 is 24.7 Å². The molecule has 0 saturated carbocycles. The lowest BCUT2D eigenvalue weighted by Gasteiger charge is -2.13. The zero-order valence-electron chi connectivity index (χ0n) is 21.3. The average molecular weight is 595 g/mol. The van der Waals surface area contributed by atoms with Crippen molar-refractivity contribution in [3.8, 4) is 11.5 Å². The summed E-state index contributed by atoms with van der Waals surface area (Å²) in [4.78, 5) is 46.9. The quantitative estimate of drug-likeness (QED) is 0.258. The van der Waals surface area contributed by atoms with Crippen LogP contribution in [0.15, 0.2) is 54.6 Å². The Labute approximate surface area is 235 Å². The highest BCUT2D eigenvalue weighted by atomic mass is 32.1. The molecular weight excluding hydrogens is 569 g/mol. The molecule has 1 aromatic heterocycles. The summed E-state index contributed by atoms with van der Waals surface area (Å²) in [5, 5.41) is 22.0. The van der Waals surface area contributed by atoms with Crippen LogP contribution in [0.3, 0.4) is 0 Å². The highest BCUT2D eigenvalue weighted by molar-refractivity contribution is 7.14. The summed E-state index contributed by atoms with van der Waals surface area (Å²) in [5.41, 5.74) is 2.36. The fraction of sp³-hybridized carbons (Fsp3) is 0.259. The molecule has 0 fully saturated rings. The van der Waals surface area contributed by atoms with Gasteiger partial charge in [-0.1, -0.05) is 30.3 Å². The third kappa shape index (κ3) is 9.61. The van der Waals surface area contributed by atoms with Crippen molar-refractivity contribution in [1.82, 2.24) is 10.6 Å². The van der Waals surface area contributed by atoms with Crippen LogP contribution < -0.4 is 20.1 Å². The number of nitrogens with one attached hydrogen (secondary N) is 2. The van der Waals surface area contributed by atoms with Gasteiger partial charge in [0.15, 0.2) is 23.9 Å². The van der Waals surface area contributed by atoms with Gasteiger partial charge in [-0.25, -0.2) is 9.59 Å². The molecule has 0 atom stereocenters. The van der Waals surface area contributed by atoms with Crippen LogP contribution in [-0.2, 0) is 29.2 Å². The summed E-state index contributed by atoms with van der Waals surface area (Å²) >= 11 is 1.46. The first kappa shape index (κ1) is 31.1. The number of halogens is 3. The van der Waals surface area contributed by atoms with Gasteiger partial charge in [0.1, 0.15) is 6.61 Å². The second-order valence-corrected chi connectivity index (χ2v) is 9.65. The molecule has 1 aliphatic heterocycles. The van der Waals surface area contributed by atoms with E-state index in [1.165, 1.54) is 34.4 Å². The summed E-state index contributed by atoms with van der Waals surface area (Å²) in [6, 6.07) is 15.8. The SMILES string of the molecule is O=C(O)C(F)(F)F.O=C(O)COc1ccc(C(=O)CNC(=O)c2cc3c(s2)CCNC3)cc1OCc1ccccc1. The van der Waals surface area contributed by atoms with Crippen LogP contribution in [0.5, 0.6) is 11.5 Å². The molecule has 10 nitrogen and oxygen atoms in total. The van der Waals surface area contributed by atoms with E-state index in [2.05, 4.69) is 10.6 Å². The Morgan fingerprint density at radius 1 is 0.976 bits per heavy atom. The monoisotopic (exact) mass is 594 g/mol. The van der Waals surface area contributed by atoms with Crippen molar-refractivity contribution >= 4 is 35.0 Å². The zero-order valence-corrected chi connectivity index (χ0v) is 22.1. The topological polar surface area (TPSA) is 151 Å². The number of carboxylic acid groups (broad SMARTS) is 2. The lowest BCUT2D eigenvalue weighted by atomic mass is 10.1. The molecule has 218 valence electrons. The lowest BCUT2D eigenvalue weighted by Crippen LogP contribution is -2.29. The molecule has 0 radical (unpaired) electrons. The number of benzene rings is 2. The Hall–Kier alpha value is -4.43. The predicted octanol–water partition coefficient (Wildman–Crippen LogP) is 3.68. The van der Waals surface area contributed by atoms with Crippen LogP contribution >= 0.6 is 11.3 Å². The Kier molecular flexibility index (Phi) is 10.8. The summed E-state index contributed by atoms with van der Waals surface area (Å²) < 4.78 is 42.9. The number of thiophene rings is 1. The van der Waals surface area contributed by atoms with Crippen LogP contribution in [0.25, 0.3) is 0 Å². The Morgan fingerprint density at radius 2 is 1.68 bits per heavy atom. The van der Waals surface area contributed by atoms with Crippen molar-refractivity contribution in [2.75, 3.05) is 19.7 Å². The Balaban J connectivity index is 0.000000587. The maximum absolute atomic E-state index is 12.8. The molecule has 3 aromatic rings. The smallest absolute Gasteiger partial charge is 0.485 e. The third-order valence-corrected chi connectivity index (χ3v) is 6.71. The molecular formula is C27H25F3N2O8S. The van der Waals surface area contributed by atoms with Crippen molar-refractivity contribution in [3.05, 3.63) is 81.0 Å². The maximum Gasteiger partial charge on any atom is 0.490 e. The summed E-state index contributed by atoms with van der Waals surface area (Å²) in [6.07, 6.45) is -4.19. The second kappa shape index (κ2) is 14.3. The van der Waals surface area contributed by atoms with E-state index in [4.69, 9.17) is 24.5 Å². The molecule has 0 unspecified atom stereocenters. The van der Waals surface area contributed by atoms with E-state index in [1.807, 2.05) is 36.4 Å². The van der Waals surface area contributed by atoms with Crippen molar-refractivity contribution < 1.29 is 52.0 Å². The number of ketones is 1. The molecule has 0 saturated heterocycles. The molecule has 14 heteroatoms. The fourth-order valence-corrected chi connectivity index (χ4v) is 4.60. The number of carbonyl (C=O) groups is 4. The highest BCUT2D eigenvalue weighted by Crippen LogP contribution is 2.30. The van der Waals surface area contributed by atoms with Crippen LogP contribution in [0, 0.1) is 0 Å². The zero-order chi connectivity index (χ0) is 30.0. The van der Waals surface area contributed by atoms with E-state index in [-0.39, 0.29) is 36.3 Å². The van der Waals surface area contributed by atoms with Gasteiger partial charge in [0.2, 0.25) is 0 Å². The second-order valence-electron chi connectivity index (χ2n) is 8.51. The minimum absolute atomic E-state index is 0.174. The van der Waals surface area contributed by atoms with Gasteiger partial charge in [-0.3, -0.25) is 9.59 Å². The number of carboxylic acids is 2. The number of fused-ring (bicyclic) bond motifs is 1. The Bertz CT molecular complexity index is 1370. The minimum Gasteiger partial charge on any atom is -0.485 e. The molecule has 0 aliphatic carbocycles. The van der Waals surface area contributed by atoms with Crippen LogP contribution in [0.2, 0.25) is 0 Å². The number of rotatable bonds is 10. The molecule has 2 heterocycles. The molecule has 2 aromatic carbocycles. The van der Waals surface area contributed by atoms with Gasteiger partial charge in [-0.05, 0) is 41.8 Å². The van der Waals surface area contributed by atoms with E-state index in [9.17, 15) is 27.6 Å². The van der Waals surface area contributed by atoms with Gasteiger partial charge in [-0.15, -0.1) is 11.3 Å². The van der Waals surface area contributed by atoms with E-state index in [0.29, 0.717) is 10.4 Å². The normalized spacial score (nSPS) is 12.3. The van der Waals surface area contributed by atoms with Gasteiger partial charge < -0.3 is 30.3 Å². The van der Waals surface area contributed by atoms with Gasteiger partial charge in [-0.2, -0.15) is 13.2 Å². The summed E-state index contributed by atoms with van der Waals surface area (Å²) in [7, 11) is 0. The maximum atomic E-state index is 12.8. The number of ether oxygens (including phenoxy) is 2. The molecule has 1 aliphatic rings. The summed E-state index contributed by atoms with van der Waals surface area (Å²) in [6.45, 7) is 1.16. The summed E-state index contributed by atoms with van der Waals surface area (Å²) in [5.74, 6) is -3.99. The van der Waals surface area contributed by atoms with Gasteiger partial charge in [0.05, 0.1) is 11.4 Å². The standard InChI is InChI=1S/C25H24N2O6S.C2HF3O2/c28-19(13-27-25(31)23-11-18-12-26-9-8-22(18)34-23)17-6-7-20(33-15-24(29)30)21(10-17)32-14-16-4-2-1-3-5-16;3-2(4,5)1(6)7/h1-7,10-11,26H,8-9,12-15H2,(H,27,31)(H,29,30);(H,6,7). The van der Waals surface area contributed by atoms with Crippen molar-refractivity contribution in [2.45, 2.75) is 25.7 Å². The molecule has 4 N–H and O–H groups in total. The van der Waals surface area contributed by atoms with Crippen LogP contribution in [-0.4, -0.2) is 59.7 Å². The van der Waals surface area contributed by atoms with Crippen molar-refractivity contribution in [3.63, 3.8) is 0 Å². The number of amides is 1. The van der Waals surface area contributed by atoms with Crippen LogP contribution in [0.4, 0.5) is 13.2 Å². The molecule has 1 amide bonds. The van der Waals surface area contributed by atoms with E-state index in [1.54, 1.807) is 0 Å². The molecule has 41 heavy (non-hydrogen) atoms. The largest absolute Gasteiger partial charge is 0.490 e. The minimum atomic E-state index is -5.08. The third-order valence-electron chi connectivity index (χ3n) is 5.47. The predicted molar refractivity (Wildman–Crippen MR) is 140 cm³/mol. The number of carbonyl (C=O) groups excluding carboxylic acids is 2. The highest BCUT2D eigenvalue weighted by Gasteiger charge is 2.38. The first-order chi connectivity index (χ1) is 19.4. The molecule has 0 bridgehead atoms. The fourth-order valence-electron chi connectivity index (χ4n) is 3.50. The number of aliphatic carboxylic acids is 2. The number of hydrogen-bond donors (Lipinski definition) is 4. The molecule has 4 rings (SSSR count). The first-order valence-corrected chi connectivity index (χ1v) is 12.8. The Morgan fingerprint density at radius 3 is 2.32 bits per heavy atom. The van der Waals surface area contributed by atoms with Crippen LogP contribution in [0.1, 0.15) is 36.0 Å². The van der Waals surface area contributed by atoms with Gasteiger partial charge >= 0.3 is 18.1 Å². The lowest BCUT2D eigenvalue weighted by molar-refractivity contribution is -0.192. The number of Topliss-reactive ketones (excluding diaryl/α,β-unsaturated/α-hetero) is 1. The van der Waals surface area contributed by atoms with E-state index >= 15 is 0 Å². The average Bonchev–Trinajstić information content (AvgIpc) is 3.38. The van der Waals surface area contributed by atoms with E-state index in [0.717, 1.165) is 30.6 Å².